The lowest BCUT2D eigenvalue weighted by Gasteiger charge is -2.26. The Morgan fingerprint density at radius 1 is 1.00 bits per heavy atom. The Kier molecular flexibility index (Phi) is 8.95. The molecule has 1 aromatic rings. The quantitative estimate of drug-likeness (QED) is 0.406. The van der Waals surface area contributed by atoms with Crippen molar-refractivity contribution >= 4 is 10.1 Å². The van der Waals surface area contributed by atoms with Gasteiger partial charge in [0, 0.05) is 0 Å². The summed E-state index contributed by atoms with van der Waals surface area (Å²) in [6.07, 6.45) is 5.27. The van der Waals surface area contributed by atoms with Crippen LogP contribution in [-0.2, 0) is 25.5 Å². The van der Waals surface area contributed by atoms with Crippen LogP contribution in [0.1, 0.15) is 58.9 Å². The molecule has 0 aliphatic heterocycles. The molecule has 24 heavy (non-hydrogen) atoms. The Hall–Kier alpha value is -0.910. The smallest absolute Gasteiger partial charge is 0.297 e. The zero-order valence-electron chi connectivity index (χ0n) is 15.5. The first-order valence-electron chi connectivity index (χ1n) is 8.93. The van der Waals surface area contributed by atoms with Crippen LogP contribution < -0.4 is 0 Å². The lowest BCUT2D eigenvalue weighted by atomic mass is 9.86. The average molecular weight is 357 g/mol. The van der Waals surface area contributed by atoms with Gasteiger partial charge in [0.1, 0.15) is 0 Å². The molecule has 138 valence electrons. The van der Waals surface area contributed by atoms with Gasteiger partial charge in [-0.1, -0.05) is 46.2 Å². The predicted molar refractivity (Wildman–Crippen MR) is 97.7 cm³/mol. The Morgan fingerprint density at radius 3 is 2.17 bits per heavy atom. The van der Waals surface area contributed by atoms with E-state index in [1.165, 1.54) is 0 Å². The van der Waals surface area contributed by atoms with E-state index in [2.05, 4.69) is 27.7 Å². The second-order valence-electron chi connectivity index (χ2n) is 6.59. The van der Waals surface area contributed by atoms with Gasteiger partial charge in [0.25, 0.3) is 10.1 Å². The third-order valence-corrected chi connectivity index (χ3v) is 5.98. The minimum atomic E-state index is -3.70. The van der Waals surface area contributed by atoms with Gasteiger partial charge in [-0.3, -0.25) is 4.18 Å². The molecule has 1 aromatic carbocycles. The van der Waals surface area contributed by atoms with Gasteiger partial charge < -0.3 is 4.74 Å². The van der Waals surface area contributed by atoms with Crippen LogP contribution in [0.25, 0.3) is 0 Å². The Balaban J connectivity index is 2.43. The van der Waals surface area contributed by atoms with Crippen LogP contribution in [0.5, 0.6) is 0 Å². The molecule has 0 aliphatic carbocycles. The van der Waals surface area contributed by atoms with Crippen molar-refractivity contribution < 1.29 is 17.3 Å². The molecular weight excluding hydrogens is 324 g/mol. The molecule has 4 nitrogen and oxygen atoms in total. The van der Waals surface area contributed by atoms with Gasteiger partial charge in [-0.25, -0.2) is 0 Å². The van der Waals surface area contributed by atoms with Gasteiger partial charge >= 0.3 is 0 Å². The molecular formula is C19H32O4S. The van der Waals surface area contributed by atoms with Gasteiger partial charge in [0.05, 0.1) is 24.7 Å². The van der Waals surface area contributed by atoms with Crippen LogP contribution in [0.2, 0.25) is 0 Å². The summed E-state index contributed by atoms with van der Waals surface area (Å²) in [5.41, 5.74) is 1.30. The topological polar surface area (TPSA) is 52.6 Å². The van der Waals surface area contributed by atoms with E-state index in [0.717, 1.165) is 37.7 Å². The van der Waals surface area contributed by atoms with Crippen LogP contribution in [0.3, 0.4) is 0 Å². The maximum atomic E-state index is 12.2. The maximum absolute atomic E-state index is 12.2. The summed E-state index contributed by atoms with van der Waals surface area (Å²) in [5.74, 6) is 0. The standard InChI is InChI=1S/C19H32O4S/c1-5-8-9-17-10-12-18(13-11-17)24(20,21)23-15-14-22-16-19(4,6-2)7-3/h10-13H,5-9,14-16H2,1-4H3. The average Bonchev–Trinajstić information content (AvgIpc) is 2.59. The van der Waals surface area contributed by atoms with E-state index >= 15 is 0 Å². The molecule has 5 heteroatoms. The third kappa shape index (κ3) is 6.91. The maximum Gasteiger partial charge on any atom is 0.297 e. The van der Waals surface area contributed by atoms with Crippen molar-refractivity contribution in [2.75, 3.05) is 19.8 Å². The lowest BCUT2D eigenvalue weighted by Crippen LogP contribution is -2.23. The highest BCUT2D eigenvalue weighted by atomic mass is 32.2. The molecule has 0 fully saturated rings. The summed E-state index contributed by atoms with van der Waals surface area (Å²) in [7, 11) is -3.70. The van der Waals surface area contributed by atoms with Crippen molar-refractivity contribution in [2.45, 2.75) is 64.7 Å². The molecule has 0 saturated heterocycles. The number of rotatable bonds is 12. The van der Waals surface area contributed by atoms with Crippen LogP contribution in [0.15, 0.2) is 29.2 Å². The molecule has 0 bridgehead atoms. The molecule has 0 amide bonds. The molecule has 1 rings (SSSR count). The summed E-state index contributed by atoms with van der Waals surface area (Å²) in [6.45, 7) is 9.53. The number of aryl methyl sites for hydroxylation is 1. The van der Waals surface area contributed by atoms with E-state index in [1.807, 2.05) is 12.1 Å². The first-order valence-corrected chi connectivity index (χ1v) is 10.3. The van der Waals surface area contributed by atoms with Gasteiger partial charge in [0.15, 0.2) is 0 Å². The molecule has 0 aromatic heterocycles. The van der Waals surface area contributed by atoms with E-state index < -0.39 is 10.1 Å². The second-order valence-corrected chi connectivity index (χ2v) is 8.21. The van der Waals surface area contributed by atoms with Crippen LogP contribution in [0.4, 0.5) is 0 Å². The number of unbranched alkanes of at least 4 members (excludes halogenated alkanes) is 1. The highest BCUT2D eigenvalue weighted by Crippen LogP contribution is 2.25. The fraction of sp³-hybridized carbons (Fsp3) is 0.684. The second kappa shape index (κ2) is 10.2. The van der Waals surface area contributed by atoms with Crippen molar-refractivity contribution in [1.82, 2.24) is 0 Å². The molecule has 0 spiro atoms. The molecule has 0 aliphatic rings. The van der Waals surface area contributed by atoms with Crippen molar-refractivity contribution in [3.63, 3.8) is 0 Å². The number of hydrogen-bond donors (Lipinski definition) is 0. The van der Waals surface area contributed by atoms with Crippen molar-refractivity contribution in [3.8, 4) is 0 Å². The summed E-state index contributed by atoms with van der Waals surface area (Å²) in [4.78, 5) is 0.203. The highest BCUT2D eigenvalue weighted by Gasteiger charge is 2.20. The van der Waals surface area contributed by atoms with E-state index in [0.29, 0.717) is 6.61 Å². The molecule has 0 unspecified atom stereocenters. The van der Waals surface area contributed by atoms with Crippen LogP contribution in [0, 0.1) is 5.41 Å². The predicted octanol–water partition coefficient (Wildman–Crippen LogP) is 4.58. The van der Waals surface area contributed by atoms with Gasteiger partial charge in [-0.15, -0.1) is 0 Å². The zero-order valence-corrected chi connectivity index (χ0v) is 16.3. The molecule has 0 radical (unpaired) electrons. The Labute approximate surface area is 147 Å². The highest BCUT2D eigenvalue weighted by molar-refractivity contribution is 7.86. The summed E-state index contributed by atoms with van der Waals surface area (Å²) >= 11 is 0. The number of ether oxygens (including phenoxy) is 1. The van der Waals surface area contributed by atoms with Crippen molar-refractivity contribution in [1.29, 1.82) is 0 Å². The monoisotopic (exact) mass is 356 g/mol. The number of hydrogen-bond acceptors (Lipinski definition) is 4. The van der Waals surface area contributed by atoms with Crippen LogP contribution in [-0.4, -0.2) is 28.2 Å². The lowest BCUT2D eigenvalue weighted by molar-refractivity contribution is 0.0336. The molecule has 0 heterocycles. The SMILES string of the molecule is CCCCc1ccc(S(=O)(=O)OCCOCC(C)(CC)CC)cc1. The summed E-state index contributed by atoms with van der Waals surface area (Å²) in [6, 6.07) is 6.95. The van der Waals surface area contributed by atoms with E-state index in [4.69, 9.17) is 8.92 Å². The van der Waals surface area contributed by atoms with E-state index in [9.17, 15) is 8.42 Å². The Bertz CT molecular complexity index is 560. The molecule has 0 N–H and O–H groups in total. The van der Waals surface area contributed by atoms with Crippen LogP contribution >= 0.6 is 0 Å². The normalized spacial score (nSPS) is 12.5. The van der Waals surface area contributed by atoms with Gasteiger partial charge in [-0.05, 0) is 48.8 Å². The van der Waals surface area contributed by atoms with E-state index in [1.54, 1.807) is 12.1 Å². The van der Waals surface area contributed by atoms with Gasteiger partial charge in [0.2, 0.25) is 0 Å². The third-order valence-electron chi connectivity index (χ3n) is 4.65. The van der Waals surface area contributed by atoms with Crippen molar-refractivity contribution in [2.24, 2.45) is 5.41 Å². The Morgan fingerprint density at radius 2 is 1.62 bits per heavy atom. The fourth-order valence-corrected chi connectivity index (χ4v) is 3.14. The van der Waals surface area contributed by atoms with Gasteiger partial charge in [-0.2, -0.15) is 8.42 Å². The minimum Gasteiger partial charge on any atom is -0.378 e. The largest absolute Gasteiger partial charge is 0.378 e. The first-order chi connectivity index (χ1) is 11.4. The molecule has 0 saturated carbocycles. The fourth-order valence-electron chi connectivity index (χ4n) is 2.25. The zero-order chi connectivity index (χ0) is 18.1. The van der Waals surface area contributed by atoms with E-state index in [-0.39, 0.29) is 23.5 Å². The summed E-state index contributed by atoms with van der Waals surface area (Å²) < 4.78 is 35.0. The number of benzene rings is 1. The minimum absolute atomic E-state index is 0.0451. The van der Waals surface area contributed by atoms with Crippen molar-refractivity contribution in [3.05, 3.63) is 29.8 Å². The summed E-state index contributed by atoms with van der Waals surface area (Å²) in [5, 5.41) is 0. The molecule has 0 atom stereocenters. The first kappa shape index (κ1) is 21.1.